The van der Waals surface area contributed by atoms with Crippen LogP contribution in [0.3, 0.4) is 0 Å². The second-order valence-corrected chi connectivity index (χ2v) is 5.76. The minimum absolute atomic E-state index is 0.182. The molecule has 0 amide bonds. The van der Waals surface area contributed by atoms with Crippen molar-refractivity contribution >= 4 is 23.4 Å². The highest BCUT2D eigenvalue weighted by Crippen LogP contribution is 2.15. The van der Waals surface area contributed by atoms with Crippen molar-refractivity contribution in [3.8, 4) is 0 Å². The predicted molar refractivity (Wildman–Crippen MR) is 81.0 cm³/mol. The molecule has 0 spiro atoms. The average molecular weight is 300 g/mol. The van der Waals surface area contributed by atoms with Crippen molar-refractivity contribution in [2.24, 2.45) is 0 Å². The third-order valence-electron chi connectivity index (χ3n) is 3.36. The van der Waals surface area contributed by atoms with E-state index in [1.54, 1.807) is 6.07 Å². The molecule has 20 heavy (non-hydrogen) atoms. The van der Waals surface area contributed by atoms with Gasteiger partial charge in [0.15, 0.2) is 0 Å². The van der Waals surface area contributed by atoms with E-state index in [9.17, 15) is 0 Å². The number of nitrogen functional groups attached to an aromatic ring is 1. The van der Waals surface area contributed by atoms with Crippen molar-refractivity contribution in [3.05, 3.63) is 11.2 Å². The molecule has 1 aliphatic heterocycles. The van der Waals surface area contributed by atoms with Gasteiger partial charge in [-0.2, -0.15) is 4.98 Å². The second kappa shape index (κ2) is 6.56. The first-order valence-electron chi connectivity index (χ1n) is 6.87. The lowest BCUT2D eigenvalue weighted by Gasteiger charge is -2.39. The molecular weight excluding hydrogens is 278 g/mol. The van der Waals surface area contributed by atoms with Gasteiger partial charge in [0.25, 0.3) is 0 Å². The van der Waals surface area contributed by atoms with Crippen LogP contribution in [0.25, 0.3) is 0 Å². The molecule has 3 atom stereocenters. The standard InChI is InChI=1S/C13H22ClN5O/c1-8(19-6-9(2)20-10(3)7-19)5-16-12-4-11(14)17-13(15)18-12/h4,8-10H,5-7H2,1-3H3,(H3,15,16,17,18)/t8-,9+,10+/m0/s1. The van der Waals surface area contributed by atoms with Gasteiger partial charge in [-0.05, 0) is 20.8 Å². The van der Waals surface area contributed by atoms with Gasteiger partial charge in [-0.15, -0.1) is 0 Å². The summed E-state index contributed by atoms with van der Waals surface area (Å²) in [6, 6.07) is 2.05. The van der Waals surface area contributed by atoms with Crippen LogP contribution in [0, 0.1) is 0 Å². The van der Waals surface area contributed by atoms with Crippen molar-refractivity contribution in [1.82, 2.24) is 14.9 Å². The smallest absolute Gasteiger partial charge is 0.223 e. The molecule has 1 saturated heterocycles. The molecule has 0 aromatic carbocycles. The molecule has 6 nitrogen and oxygen atoms in total. The van der Waals surface area contributed by atoms with E-state index in [0.29, 0.717) is 17.0 Å². The summed E-state index contributed by atoms with van der Waals surface area (Å²) in [7, 11) is 0. The van der Waals surface area contributed by atoms with Crippen LogP contribution in [0.15, 0.2) is 6.07 Å². The van der Waals surface area contributed by atoms with Crippen LogP contribution in [-0.4, -0.2) is 52.8 Å². The molecule has 0 saturated carbocycles. The fraction of sp³-hybridized carbons (Fsp3) is 0.692. The van der Waals surface area contributed by atoms with Gasteiger partial charge in [0.1, 0.15) is 11.0 Å². The fourth-order valence-corrected chi connectivity index (χ4v) is 2.67. The molecule has 1 aromatic rings. The maximum atomic E-state index is 5.85. The molecule has 2 rings (SSSR count). The third-order valence-corrected chi connectivity index (χ3v) is 3.56. The Hall–Kier alpha value is -1.11. The zero-order valence-electron chi connectivity index (χ0n) is 12.1. The number of ether oxygens (including phenoxy) is 1. The van der Waals surface area contributed by atoms with Gasteiger partial charge < -0.3 is 15.8 Å². The summed E-state index contributed by atoms with van der Waals surface area (Å²) in [6.45, 7) is 9.05. The topological polar surface area (TPSA) is 76.3 Å². The summed E-state index contributed by atoms with van der Waals surface area (Å²) in [5.74, 6) is 0.838. The summed E-state index contributed by atoms with van der Waals surface area (Å²) < 4.78 is 5.74. The lowest BCUT2D eigenvalue weighted by Crippen LogP contribution is -2.51. The maximum absolute atomic E-state index is 5.85. The Morgan fingerprint density at radius 1 is 1.45 bits per heavy atom. The SMILES string of the molecule is C[C@@H]1CN([C@@H](C)CNc2cc(Cl)nc(N)n2)C[C@@H](C)O1. The summed E-state index contributed by atoms with van der Waals surface area (Å²) in [4.78, 5) is 10.4. The van der Waals surface area contributed by atoms with Crippen LogP contribution in [0.1, 0.15) is 20.8 Å². The third kappa shape index (κ3) is 4.19. The van der Waals surface area contributed by atoms with Crippen LogP contribution >= 0.6 is 11.6 Å². The average Bonchev–Trinajstić information content (AvgIpc) is 2.33. The van der Waals surface area contributed by atoms with Crippen LogP contribution in [0.5, 0.6) is 0 Å². The number of nitrogens with zero attached hydrogens (tertiary/aromatic N) is 3. The van der Waals surface area contributed by atoms with Crippen molar-refractivity contribution < 1.29 is 4.74 Å². The zero-order valence-corrected chi connectivity index (χ0v) is 12.9. The molecule has 1 aliphatic rings. The van der Waals surface area contributed by atoms with E-state index in [4.69, 9.17) is 22.1 Å². The van der Waals surface area contributed by atoms with E-state index in [1.807, 2.05) is 0 Å². The second-order valence-electron chi connectivity index (χ2n) is 5.38. The molecule has 0 bridgehead atoms. The van der Waals surface area contributed by atoms with E-state index in [0.717, 1.165) is 19.6 Å². The van der Waals surface area contributed by atoms with Crippen LogP contribution < -0.4 is 11.1 Å². The van der Waals surface area contributed by atoms with Crippen molar-refractivity contribution in [2.75, 3.05) is 30.7 Å². The normalized spacial score (nSPS) is 25.4. The Morgan fingerprint density at radius 3 is 2.70 bits per heavy atom. The largest absolute Gasteiger partial charge is 0.373 e. The molecule has 1 aromatic heterocycles. The van der Waals surface area contributed by atoms with Gasteiger partial charge in [-0.1, -0.05) is 11.6 Å². The van der Waals surface area contributed by atoms with Crippen LogP contribution in [0.2, 0.25) is 5.15 Å². The molecule has 1 fully saturated rings. The van der Waals surface area contributed by atoms with Crippen LogP contribution in [0.4, 0.5) is 11.8 Å². The minimum atomic E-state index is 0.182. The van der Waals surface area contributed by atoms with Gasteiger partial charge in [-0.25, -0.2) is 4.98 Å². The Kier molecular flexibility index (Phi) is 5.01. The molecule has 0 radical (unpaired) electrons. The quantitative estimate of drug-likeness (QED) is 0.823. The molecule has 7 heteroatoms. The number of nitrogens with one attached hydrogen (secondary N) is 1. The molecule has 2 heterocycles. The van der Waals surface area contributed by atoms with Crippen molar-refractivity contribution in [1.29, 1.82) is 0 Å². The fourth-order valence-electron chi connectivity index (χ4n) is 2.48. The number of hydrogen-bond acceptors (Lipinski definition) is 6. The van der Waals surface area contributed by atoms with Crippen molar-refractivity contribution in [2.45, 2.75) is 39.0 Å². The zero-order chi connectivity index (χ0) is 14.7. The highest BCUT2D eigenvalue weighted by Gasteiger charge is 2.25. The number of anilines is 2. The summed E-state index contributed by atoms with van der Waals surface area (Å²) in [5, 5.41) is 3.60. The molecular formula is C13H22ClN5O. The van der Waals surface area contributed by atoms with E-state index >= 15 is 0 Å². The number of rotatable bonds is 4. The Balaban J connectivity index is 1.89. The number of nitrogens with two attached hydrogens (primary N) is 1. The highest BCUT2D eigenvalue weighted by atomic mass is 35.5. The van der Waals surface area contributed by atoms with Crippen LogP contribution in [-0.2, 0) is 4.74 Å². The lowest BCUT2D eigenvalue weighted by atomic mass is 10.2. The number of morpholine rings is 1. The molecule has 3 N–H and O–H groups in total. The summed E-state index contributed by atoms with van der Waals surface area (Å²) in [6.07, 6.45) is 0.538. The number of halogens is 1. The van der Waals surface area contributed by atoms with Gasteiger partial charge >= 0.3 is 0 Å². The monoisotopic (exact) mass is 299 g/mol. The highest BCUT2D eigenvalue weighted by molar-refractivity contribution is 6.29. The van der Waals surface area contributed by atoms with Crippen molar-refractivity contribution in [3.63, 3.8) is 0 Å². The first kappa shape index (κ1) is 15.3. The van der Waals surface area contributed by atoms with Gasteiger partial charge in [0.2, 0.25) is 5.95 Å². The first-order chi connectivity index (χ1) is 9.44. The summed E-state index contributed by atoms with van der Waals surface area (Å²) in [5.41, 5.74) is 5.57. The Morgan fingerprint density at radius 2 is 2.10 bits per heavy atom. The molecule has 0 unspecified atom stereocenters. The Labute approximate surface area is 124 Å². The first-order valence-corrected chi connectivity index (χ1v) is 7.25. The van der Waals surface area contributed by atoms with Gasteiger partial charge in [-0.3, -0.25) is 4.90 Å². The van der Waals surface area contributed by atoms with Gasteiger partial charge in [0, 0.05) is 31.7 Å². The molecule has 112 valence electrons. The minimum Gasteiger partial charge on any atom is -0.373 e. The maximum Gasteiger partial charge on any atom is 0.223 e. The molecule has 0 aliphatic carbocycles. The Bertz CT molecular complexity index is 428. The number of hydrogen-bond donors (Lipinski definition) is 2. The van der Waals surface area contributed by atoms with Gasteiger partial charge in [0.05, 0.1) is 12.2 Å². The predicted octanol–water partition coefficient (Wildman–Crippen LogP) is 1.62. The summed E-state index contributed by atoms with van der Waals surface area (Å²) >= 11 is 5.85. The lowest BCUT2D eigenvalue weighted by molar-refractivity contribution is -0.0769. The van der Waals surface area contributed by atoms with E-state index < -0.39 is 0 Å². The van der Waals surface area contributed by atoms with E-state index in [1.165, 1.54) is 0 Å². The number of aromatic nitrogens is 2. The van der Waals surface area contributed by atoms with E-state index in [2.05, 4.69) is 41.0 Å². The van der Waals surface area contributed by atoms with E-state index in [-0.39, 0.29) is 18.2 Å².